The van der Waals surface area contributed by atoms with Crippen molar-refractivity contribution in [2.75, 3.05) is 0 Å². The molecule has 9 heteroatoms. The van der Waals surface area contributed by atoms with Crippen LogP contribution in [0.3, 0.4) is 0 Å². The first kappa shape index (κ1) is 13.3. The predicted octanol–water partition coefficient (Wildman–Crippen LogP) is 0.223. The molecule has 0 aliphatic heterocycles. The Labute approximate surface area is 108 Å². The lowest BCUT2D eigenvalue weighted by molar-refractivity contribution is 0.0686. The van der Waals surface area contributed by atoms with Crippen LogP contribution in [-0.4, -0.2) is 34.7 Å². The first-order valence-corrected chi connectivity index (χ1v) is 6.79. The van der Waals surface area contributed by atoms with E-state index in [1.807, 2.05) is 0 Å². The Kier molecular flexibility index (Phi) is 3.40. The molecule has 0 bridgehead atoms. The van der Waals surface area contributed by atoms with Gasteiger partial charge in [0.1, 0.15) is 4.90 Å². The highest BCUT2D eigenvalue weighted by atomic mass is 32.2. The quantitative estimate of drug-likeness (QED) is 0.624. The number of rotatable bonds is 5. The molecule has 0 atom stereocenters. The van der Waals surface area contributed by atoms with E-state index in [2.05, 4.69) is 19.9 Å². The Morgan fingerprint density at radius 3 is 2.84 bits per heavy atom. The first-order chi connectivity index (χ1) is 8.92. The van der Waals surface area contributed by atoms with Crippen molar-refractivity contribution in [2.45, 2.75) is 18.4 Å². The van der Waals surface area contributed by atoms with Gasteiger partial charge in [-0.25, -0.2) is 17.9 Å². The third-order valence-electron chi connectivity index (χ3n) is 2.49. The number of carboxylic acids is 1. The zero-order valence-electron chi connectivity index (χ0n) is 9.97. The molecule has 0 fully saturated rings. The first-order valence-electron chi connectivity index (χ1n) is 5.31. The molecule has 0 aliphatic rings. The summed E-state index contributed by atoms with van der Waals surface area (Å²) >= 11 is 0. The molecule has 0 aromatic carbocycles. The van der Waals surface area contributed by atoms with Gasteiger partial charge in [0.2, 0.25) is 10.0 Å². The summed E-state index contributed by atoms with van der Waals surface area (Å²) in [6.07, 6.45) is 3.30. The molecule has 2 heterocycles. The maximum Gasteiger partial charge on any atom is 0.357 e. The van der Waals surface area contributed by atoms with Crippen LogP contribution in [0.15, 0.2) is 23.4 Å². The highest BCUT2D eigenvalue weighted by Crippen LogP contribution is 2.17. The average Bonchev–Trinajstić information content (AvgIpc) is 2.95. The van der Waals surface area contributed by atoms with Gasteiger partial charge in [-0.3, -0.25) is 5.10 Å². The van der Waals surface area contributed by atoms with E-state index in [1.54, 1.807) is 18.5 Å². The van der Waals surface area contributed by atoms with Crippen LogP contribution < -0.4 is 4.72 Å². The standard InChI is InChI=1S/C10H12N4O4S/c1-6-9(8(10(15)16)14-13-6)19(17,18)12-5-7-2-3-11-4-7/h2-4,11-12H,5H2,1H3,(H,13,14)(H,15,16). The van der Waals surface area contributed by atoms with Crippen molar-refractivity contribution in [3.63, 3.8) is 0 Å². The SMILES string of the molecule is Cc1[nH]nc(C(=O)O)c1S(=O)(=O)NCc1cc[nH]c1. The molecule has 2 aromatic rings. The molecule has 0 saturated carbocycles. The zero-order chi connectivity index (χ0) is 14.0. The summed E-state index contributed by atoms with van der Waals surface area (Å²) < 4.78 is 26.5. The summed E-state index contributed by atoms with van der Waals surface area (Å²) in [6.45, 7) is 1.51. The summed E-state index contributed by atoms with van der Waals surface area (Å²) in [5.41, 5.74) is 0.402. The monoisotopic (exact) mass is 284 g/mol. The fourth-order valence-electron chi connectivity index (χ4n) is 1.61. The predicted molar refractivity (Wildman–Crippen MR) is 65.1 cm³/mol. The molecule has 0 aliphatic carbocycles. The van der Waals surface area contributed by atoms with E-state index in [0.717, 1.165) is 5.56 Å². The van der Waals surface area contributed by atoms with Crippen molar-refractivity contribution in [3.8, 4) is 0 Å². The van der Waals surface area contributed by atoms with Gasteiger partial charge in [-0.2, -0.15) is 5.10 Å². The largest absolute Gasteiger partial charge is 0.476 e. The molecule has 4 N–H and O–H groups in total. The molecule has 102 valence electrons. The summed E-state index contributed by atoms with van der Waals surface area (Å²) in [6, 6.07) is 1.71. The maximum atomic E-state index is 12.1. The number of nitrogens with zero attached hydrogens (tertiary/aromatic N) is 1. The van der Waals surface area contributed by atoms with Gasteiger partial charge in [0.15, 0.2) is 5.69 Å². The number of aryl methyl sites for hydroxylation is 1. The van der Waals surface area contributed by atoms with Gasteiger partial charge in [0, 0.05) is 18.9 Å². The van der Waals surface area contributed by atoms with Gasteiger partial charge in [0.05, 0.1) is 5.69 Å². The Morgan fingerprint density at radius 1 is 1.53 bits per heavy atom. The number of aromatic carboxylic acids is 1. The van der Waals surface area contributed by atoms with E-state index in [1.165, 1.54) is 6.92 Å². The summed E-state index contributed by atoms with van der Waals surface area (Å²) in [5.74, 6) is -1.40. The van der Waals surface area contributed by atoms with Crippen LogP contribution in [-0.2, 0) is 16.6 Å². The van der Waals surface area contributed by atoms with Gasteiger partial charge in [-0.05, 0) is 18.6 Å². The summed E-state index contributed by atoms with van der Waals surface area (Å²) in [4.78, 5) is 13.4. The van der Waals surface area contributed by atoms with Crippen LogP contribution in [0, 0.1) is 6.92 Å². The van der Waals surface area contributed by atoms with Crippen molar-refractivity contribution in [1.29, 1.82) is 0 Å². The third-order valence-corrected chi connectivity index (χ3v) is 4.05. The fourth-order valence-corrected chi connectivity index (χ4v) is 2.95. The second-order valence-electron chi connectivity index (χ2n) is 3.88. The Balaban J connectivity index is 2.29. The lowest BCUT2D eigenvalue weighted by Gasteiger charge is -2.05. The lowest BCUT2D eigenvalue weighted by Crippen LogP contribution is -2.25. The molecule has 0 spiro atoms. The molecule has 19 heavy (non-hydrogen) atoms. The number of sulfonamides is 1. The summed E-state index contributed by atoms with van der Waals surface area (Å²) in [5, 5.41) is 14.8. The third kappa shape index (κ3) is 2.66. The van der Waals surface area contributed by atoms with Crippen molar-refractivity contribution < 1.29 is 18.3 Å². The average molecular weight is 284 g/mol. The van der Waals surface area contributed by atoms with Crippen molar-refractivity contribution in [3.05, 3.63) is 35.4 Å². The number of hydrogen-bond acceptors (Lipinski definition) is 4. The molecule has 8 nitrogen and oxygen atoms in total. The second kappa shape index (κ2) is 4.86. The smallest absolute Gasteiger partial charge is 0.357 e. The minimum absolute atomic E-state index is 0.0650. The number of H-pyrrole nitrogens is 2. The van der Waals surface area contributed by atoms with Crippen LogP contribution in [0.2, 0.25) is 0 Å². The van der Waals surface area contributed by atoms with Crippen LogP contribution >= 0.6 is 0 Å². The van der Waals surface area contributed by atoms with Gasteiger partial charge >= 0.3 is 5.97 Å². The second-order valence-corrected chi connectivity index (χ2v) is 5.58. The molecule has 0 unspecified atom stereocenters. The molecular weight excluding hydrogens is 272 g/mol. The minimum atomic E-state index is -3.94. The highest BCUT2D eigenvalue weighted by molar-refractivity contribution is 7.89. The van der Waals surface area contributed by atoms with Crippen LogP contribution in [0.1, 0.15) is 21.7 Å². The number of aromatic amines is 2. The number of carbonyl (C=O) groups is 1. The lowest BCUT2D eigenvalue weighted by atomic mass is 10.4. The Morgan fingerprint density at radius 2 is 2.26 bits per heavy atom. The highest BCUT2D eigenvalue weighted by Gasteiger charge is 2.27. The Hall–Kier alpha value is -2.13. The normalized spacial score (nSPS) is 11.6. The Bertz CT molecular complexity index is 687. The van der Waals surface area contributed by atoms with Crippen LogP contribution in [0.25, 0.3) is 0 Å². The van der Waals surface area contributed by atoms with Gasteiger partial charge in [-0.15, -0.1) is 0 Å². The van der Waals surface area contributed by atoms with Crippen molar-refractivity contribution in [1.82, 2.24) is 19.9 Å². The number of aromatic nitrogens is 3. The van der Waals surface area contributed by atoms with E-state index < -0.39 is 21.7 Å². The molecular formula is C10H12N4O4S. The van der Waals surface area contributed by atoms with Crippen molar-refractivity contribution in [2.24, 2.45) is 0 Å². The van der Waals surface area contributed by atoms with Crippen LogP contribution in [0.4, 0.5) is 0 Å². The fraction of sp³-hybridized carbons (Fsp3) is 0.200. The number of hydrogen-bond donors (Lipinski definition) is 4. The number of nitrogens with one attached hydrogen (secondary N) is 3. The van der Waals surface area contributed by atoms with E-state index in [-0.39, 0.29) is 17.1 Å². The molecule has 0 radical (unpaired) electrons. The van der Waals surface area contributed by atoms with Crippen molar-refractivity contribution >= 4 is 16.0 Å². The van der Waals surface area contributed by atoms with Gasteiger partial charge < -0.3 is 10.1 Å². The number of carboxylic acid groups (broad SMARTS) is 1. The molecule has 0 amide bonds. The maximum absolute atomic E-state index is 12.1. The van der Waals surface area contributed by atoms with E-state index in [9.17, 15) is 13.2 Å². The van der Waals surface area contributed by atoms with E-state index >= 15 is 0 Å². The summed E-state index contributed by atoms with van der Waals surface area (Å²) in [7, 11) is -3.94. The van der Waals surface area contributed by atoms with Gasteiger partial charge in [-0.1, -0.05) is 0 Å². The molecule has 2 rings (SSSR count). The van der Waals surface area contributed by atoms with E-state index in [4.69, 9.17) is 5.11 Å². The van der Waals surface area contributed by atoms with Gasteiger partial charge in [0.25, 0.3) is 0 Å². The topological polar surface area (TPSA) is 128 Å². The minimum Gasteiger partial charge on any atom is -0.476 e. The molecule has 0 saturated heterocycles. The molecule has 2 aromatic heterocycles. The zero-order valence-corrected chi connectivity index (χ0v) is 10.8. The van der Waals surface area contributed by atoms with Crippen LogP contribution in [0.5, 0.6) is 0 Å². The van der Waals surface area contributed by atoms with E-state index in [0.29, 0.717) is 0 Å².